The van der Waals surface area contributed by atoms with Crippen molar-refractivity contribution >= 4 is 34.6 Å². The van der Waals surface area contributed by atoms with Gasteiger partial charge in [0.15, 0.2) is 0 Å². The van der Waals surface area contributed by atoms with Gasteiger partial charge in [0.05, 0.1) is 10.7 Å². The molecule has 1 aliphatic carbocycles. The quantitative estimate of drug-likeness (QED) is 0.163. The third kappa shape index (κ3) is 6.46. The van der Waals surface area contributed by atoms with E-state index in [0.717, 1.165) is 42.5 Å². The van der Waals surface area contributed by atoms with E-state index in [1.165, 1.54) is 13.5 Å². The van der Waals surface area contributed by atoms with E-state index in [1.807, 2.05) is 0 Å². The molecule has 0 radical (unpaired) electrons. The van der Waals surface area contributed by atoms with E-state index in [4.69, 9.17) is 40.3 Å². The fourth-order valence-corrected chi connectivity index (χ4v) is 3.10. The Kier molecular flexibility index (Phi) is 9.79. The first-order valence-corrected chi connectivity index (χ1v) is 10.2. The first-order chi connectivity index (χ1) is 14.2. The second-order valence-corrected chi connectivity index (χ2v) is 7.26. The van der Waals surface area contributed by atoms with Crippen LogP contribution >= 0.6 is 11.6 Å². The minimum Gasteiger partial charge on any atom is -0.402 e. The van der Waals surface area contributed by atoms with Crippen molar-refractivity contribution in [3.05, 3.63) is 45.2 Å². The van der Waals surface area contributed by atoms with Crippen LogP contribution in [0.25, 0.3) is 5.57 Å². The Morgan fingerprint density at radius 2 is 1.73 bits per heavy atom. The van der Waals surface area contributed by atoms with Crippen LogP contribution in [0.1, 0.15) is 57.1 Å². The first kappa shape index (κ1) is 24.9. The SMILES string of the molecule is CCC.CN=C(N)/C(C(N)=O)=C(\N)C#Cc1cc(N)c(C2=C(N)CCCC2)cc1Cl. The maximum Gasteiger partial charge on any atom is 0.255 e. The highest BCUT2D eigenvalue weighted by Gasteiger charge is 2.16. The smallest absolute Gasteiger partial charge is 0.255 e. The zero-order chi connectivity index (χ0) is 22.8. The number of amidine groups is 1. The predicted molar refractivity (Wildman–Crippen MR) is 126 cm³/mol. The second-order valence-electron chi connectivity index (χ2n) is 6.85. The molecule has 2 rings (SSSR count). The van der Waals surface area contributed by atoms with Crippen LogP contribution in [0.15, 0.2) is 34.1 Å². The van der Waals surface area contributed by atoms with Crippen molar-refractivity contribution in [2.24, 2.45) is 27.9 Å². The van der Waals surface area contributed by atoms with Crippen LogP contribution in [0.2, 0.25) is 5.02 Å². The average Bonchev–Trinajstić information content (AvgIpc) is 2.69. The summed E-state index contributed by atoms with van der Waals surface area (Å²) in [6, 6.07) is 3.42. The normalized spacial score (nSPS) is 14.7. The molecule has 0 saturated heterocycles. The number of amides is 1. The lowest BCUT2D eigenvalue weighted by molar-refractivity contribution is -0.114. The number of nitrogens with two attached hydrogens (primary N) is 5. The Labute approximate surface area is 183 Å². The molecule has 7 nitrogen and oxygen atoms in total. The van der Waals surface area contributed by atoms with Crippen LogP contribution in [0.4, 0.5) is 5.69 Å². The number of benzene rings is 1. The number of anilines is 1. The van der Waals surface area contributed by atoms with E-state index >= 15 is 0 Å². The Bertz CT molecular complexity index is 950. The topological polar surface area (TPSA) is 160 Å². The zero-order valence-electron chi connectivity index (χ0n) is 17.8. The number of carbonyl (C=O) groups excluding carboxylic acids is 1. The third-order valence-electron chi connectivity index (χ3n) is 4.32. The largest absolute Gasteiger partial charge is 0.402 e. The highest BCUT2D eigenvalue weighted by Crippen LogP contribution is 2.35. The molecule has 8 heteroatoms. The molecule has 0 unspecified atom stereocenters. The van der Waals surface area contributed by atoms with Crippen LogP contribution in [-0.4, -0.2) is 18.8 Å². The Hall–Kier alpha value is -3.11. The number of nitrogens with zero attached hydrogens (tertiary/aromatic N) is 1. The predicted octanol–water partition coefficient (Wildman–Crippen LogP) is 2.62. The fourth-order valence-electron chi connectivity index (χ4n) is 2.89. The van der Waals surface area contributed by atoms with Crippen molar-refractivity contribution in [3.63, 3.8) is 0 Å². The molecule has 0 fully saturated rings. The molecule has 0 spiro atoms. The highest BCUT2D eigenvalue weighted by molar-refractivity contribution is 6.32. The van der Waals surface area contributed by atoms with Gasteiger partial charge in [0, 0.05) is 29.6 Å². The highest BCUT2D eigenvalue weighted by atomic mass is 35.5. The number of hydrogen-bond acceptors (Lipinski definition) is 5. The molecular weight excluding hydrogens is 400 g/mol. The lowest BCUT2D eigenvalue weighted by Crippen LogP contribution is -2.29. The number of primary amides is 1. The monoisotopic (exact) mass is 430 g/mol. The third-order valence-corrected chi connectivity index (χ3v) is 4.63. The van der Waals surface area contributed by atoms with E-state index < -0.39 is 5.91 Å². The van der Waals surface area contributed by atoms with Gasteiger partial charge in [0.1, 0.15) is 11.4 Å². The number of aliphatic imine (C=N–C) groups is 1. The Balaban J connectivity index is 0.00000141. The number of nitrogen functional groups attached to an aromatic ring is 1. The van der Waals surface area contributed by atoms with Gasteiger partial charge in [0.25, 0.3) is 5.91 Å². The molecule has 0 aliphatic heterocycles. The summed E-state index contributed by atoms with van der Waals surface area (Å²) in [6.07, 6.45) is 5.10. The van der Waals surface area contributed by atoms with Crippen LogP contribution in [0.5, 0.6) is 0 Å². The lowest BCUT2D eigenvalue weighted by Gasteiger charge is -2.19. The van der Waals surface area contributed by atoms with Crippen molar-refractivity contribution in [2.45, 2.75) is 46.0 Å². The van der Waals surface area contributed by atoms with Gasteiger partial charge in [-0.05, 0) is 49.3 Å². The molecule has 1 aromatic rings. The van der Waals surface area contributed by atoms with E-state index in [1.54, 1.807) is 12.1 Å². The molecule has 10 N–H and O–H groups in total. The van der Waals surface area contributed by atoms with Crippen molar-refractivity contribution in [1.82, 2.24) is 0 Å². The molecular formula is C22H31ClN6O. The summed E-state index contributed by atoms with van der Waals surface area (Å²) >= 11 is 6.37. The molecule has 1 aliphatic rings. The van der Waals surface area contributed by atoms with E-state index in [-0.39, 0.29) is 17.1 Å². The molecule has 0 aromatic heterocycles. The molecule has 1 amide bonds. The van der Waals surface area contributed by atoms with Crippen molar-refractivity contribution in [2.75, 3.05) is 12.8 Å². The first-order valence-electron chi connectivity index (χ1n) is 9.78. The second kappa shape index (κ2) is 11.8. The Morgan fingerprint density at radius 1 is 1.13 bits per heavy atom. The van der Waals surface area contributed by atoms with Gasteiger partial charge in [-0.15, -0.1) is 0 Å². The van der Waals surface area contributed by atoms with Crippen molar-refractivity contribution in [3.8, 4) is 11.8 Å². The summed E-state index contributed by atoms with van der Waals surface area (Å²) < 4.78 is 0. The summed E-state index contributed by atoms with van der Waals surface area (Å²) in [5.74, 6) is 4.54. The van der Waals surface area contributed by atoms with Gasteiger partial charge < -0.3 is 28.7 Å². The standard InChI is InChI=1S/C19H23ClN6O.C3H8/c1-26-18(24)17(19(25)27)15(22)7-6-10-8-16(23)12(9-13(10)20)11-4-2-3-5-14(11)21;1-3-2/h8-9H,2-5,21-23H2,1H3,(H2,24,26)(H2,25,27);3H2,1-2H3/b17-15+;. The summed E-state index contributed by atoms with van der Waals surface area (Å²) in [5, 5.41) is 0.406. The fraction of sp³-hybridized carbons (Fsp3) is 0.364. The minimum absolute atomic E-state index is 0.0880. The van der Waals surface area contributed by atoms with Gasteiger partial charge in [0.2, 0.25) is 0 Å². The summed E-state index contributed by atoms with van der Waals surface area (Å²) in [7, 11) is 1.42. The molecule has 162 valence electrons. The molecule has 0 atom stereocenters. The number of allylic oxidation sites excluding steroid dienone is 3. The number of carbonyl (C=O) groups is 1. The van der Waals surface area contributed by atoms with Crippen LogP contribution in [-0.2, 0) is 4.79 Å². The average molecular weight is 431 g/mol. The van der Waals surface area contributed by atoms with Gasteiger partial charge >= 0.3 is 0 Å². The van der Waals surface area contributed by atoms with E-state index in [2.05, 4.69) is 30.7 Å². The number of halogens is 1. The van der Waals surface area contributed by atoms with Gasteiger partial charge in [-0.1, -0.05) is 37.8 Å². The van der Waals surface area contributed by atoms with Crippen LogP contribution in [0, 0.1) is 11.8 Å². The molecule has 30 heavy (non-hydrogen) atoms. The maximum atomic E-state index is 11.5. The lowest BCUT2D eigenvalue weighted by atomic mass is 9.90. The minimum atomic E-state index is -0.814. The maximum absolute atomic E-state index is 11.5. The van der Waals surface area contributed by atoms with Crippen LogP contribution < -0.4 is 28.7 Å². The summed E-state index contributed by atoms with van der Waals surface area (Å²) in [6.45, 7) is 4.25. The summed E-state index contributed by atoms with van der Waals surface area (Å²) in [4.78, 5) is 15.2. The van der Waals surface area contributed by atoms with Gasteiger partial charge in [-0.25, -0.2) is 0 Å². The zero-order valence-corrected chi connectivity index (χ0v) is 18.6. The van der Waals surface area contributed by atoms with Crippen LogP contribution in [0.3, 0.4) is 0 Å². The molecule has 1 aromatic carbocycles. The molecule has 0 saturated carbocycles. The molecule has 0 bridgehead atoms. The Morgan fingerprint density at radius 3 is 2.27 bits per heavy atom. The van der Waals surface area contributed by atoms with E-state index in [9.17, 15) is 4.79 Å². The van der Waals surface area contributed by atoms with Gasteiger partial charge in [-0.3, -0.25) is 9.79 Å². The van der Waals surface area contributed by atoms with Crippen molar-refractivity contribution in [1.29, 1.82) is 0 Å². The summed E-state index contributed by atoms with van der Waals surface area (Å²) in [5.41, 5.74) is 32.6. The van der Waals surface area contributed by atoms with Gasteiger partial charge in [-0.2, -0.15) is 0 Å². The van der Waals surface area contributed by atoms with E-state index in [0.29, 0.717) is 16.3 Å². The van der Waals surface area contributed by atoms with Crippen molar-refractivity contribution < 1.29 is 4.79 Å². The molecule has 0 heterocycles. The number of hydrogen-bond donors (Lipinski definition) is 5. The number of rotatable bonds is 3.